The van der Waals surface area contributed by atoms with Crippen LogP contribution in [0.1, 0.15) is 90.9 Å². The fourth-order valence-electron chi connectivity index (χ4n) is 2.95. The molecule has 20 heavy (non-hydrogen) atoms. The fourth-order valence-corrected chi connectivity index (χ4v) is 2.95. The highest BCUT2D eigenvalue weighted by molar-refractivity contribution is 4.85. The number of hydrogen-bond donors (Lipinski definition) is 0. The quantitative estimate of drug-likeness (QED) is 0.395. The van der Waals surface area contributed by atoms with Crippen LogP contribution in [0.15, 0.2) is 12.4 Å². The summed E-state index contributed by atoms with van der Waals surface area (Å²) in [5, 5.41) is 0. The second-order valence-corrected chi connectivity index (χ2v) is 6.24. The third-order valence-electron chi connectivity index (χ3n) is 4.16. The second kappa shape index (κ2) is 10.0. The molecule has 0 radical (unpaired) electrons. The maximum Gasteiger partial charge on any atom is 0.256 e. The Hall–Kier alpha value is -0.790. The Morgan fingerprint density at radius 2 is 1.55 bits per heavy atom. The summed E-state index contributed by atoms with van der Waals surface area (Å²) >= 11 is 0. The molecule has 116 valence electrons. The van der Waals surface area contributed by atoms with Gasteiger partial charge in [0.1, 0.15) is 12.4 Å². The molecule has 0 saturated heterocycles. The third-order valence-corrected chi connectivity index (χ3v) is 4.16. The number of aryl methyl sites for hydroxylation is 1. The highest BCUT2D eigenvalue weighted by Crippen LogP contribution is 2.10. The number of imidazole rings is 1. The van der Waals surface area contributed by atoms with Crippen molar-refractivity contribution >= 4 is 0 Å². The van der Waals surface area contributed by atoms with E-state index in [1.807, 2.05) is 0 Å². The maximum atomic E-state index is 2.46. The van der Waals surface area contributed by atoms with Crippen LogP contribution in [0.5, 0.6) is 0 Å². The summed E-state index contributed by atoms with van der Waals surface area (Å²) in [4.78, 5) is 0. The Balaban J connectivity index is 2.22. The van der Waals surface area contributed by atoms with E-state index in [0.29, 0.717) is 6.04 Å². The van der Waals surface area contributed by atoms with E-state index in [1.165, 1.54) is 63.7 Å². The Kier molecular flexibility index (Phi) is 8.64. The molecule has 1 rings (SSSR count). The molecule has 1 heterocycles. The van der Waals surface area contributed by atoms with E-state index in [0.717, 1.165) is 6.42 Å². The van der Waals surface area contributed by atoms with Crippen molar-refractivity contribution in [3.8, 4) is 0 Å². The molecular formula is C18H35N2+. The normalized spacial score (nSPS) is 11.4. The van der Waals surface area contributed by atoms with Crippen molar-refractivity contribution in [3.63, 3.8) is 0 Å². The summed E-state index contributed by atoms with van der Waals surface area (Å²) < 4.78 is 4.86. The number of hydrogen-bond acceptors (Lipinski definition) is 0. The Bertz CT molecular complexity index is 352. The molecule has 0 unspecified atom stereocenters. The summed E-state index contributed by atoms with van der Waals surface area (Å²) in [5.41, 5.74) is 0. The zero-order chi connectivity index (χ0) is 14.8. The molecule has 1 aromatic heterocycles. The van der Waals surface area contributed by atoms with Gasteiger partial charge >= 0.3 is 0 Å². The Morgan fingerprint density at radius 1 is 0.950 bits per heavy atom. The van der Waals surface area contributed by atoms with E-state index in [9.17, 15) is 0 Å². The predicted octanol–water partition coefficient (Wildman–Crippen LogP) is 5.06. The molecule has 1 aromatic rings. The molecule has 0 aliphatic rings. The van der Waals surface area contributed by atoms with Crippen LogP contribution in [0.4, 0.5) is 0 Å². The van der Waals surface area contributed by atoms with Crippen molar-refractivity contribution in [2.45, 2.75) is 98.1 Å². The van der Waals surface area contributed by atoms with Crippen LogP contribution in [0, 0.1) is 0 Å². The zero-order valence-corrected chi connectivity index (χ0v) is 14.2. The van der Waals surface area contributed by atoms with Crippen molar-refractivity contribution < 1.29 is 4.57 Å². The molecule has 2 heteroatoms. The van der Waals surface area contributed by atoms with Gasteiger partial charge in [-0.05, 0) is 26.7 Å². The number of unbranched alkanes of at least 4 members (excludes halogenated alkanes) is 7. The minimum atomic E-state index is 0.574. The highest BCUT2D eigenvalue weighted by Gasteiger charge is 2.16. The molecule has 0 N–H and O–H groups in total. The molecule has 0 spiro atoms. The largest absolute Gasteiger partial charge is 0.256 e. The van der Waals surface area contributed by atoms with Crippen molar-refractivity contribution in [1.29, 1.82) is 0 Å². The molecule has 0 aliphatic heterocycles. The fraction of sp³-hybridized carbons (Fsp3) is 0.833. The van der Waals surface area contributed by atoms with Crippen LogP contribution in [0.2, 0.25) is 0 Å². The van der Waals surface area contributed by atoms with Crippen LogP contribution in [0.3, 0.4) is 0 Å². The smallest absolute Gasteiger partial charge is 0.234 e. The lowest BCUT2D eigenvalue weighted by atomic mass is 10.1. The number of nitrogens with zero attached hydrogens (tertiary/aromatic N) is 2. The van der Waals surface area contributed by atoms with Crippen molar-refractivity contribution in [2.24, 2.45) is 0 Å². The minimum Gasteiger partial charge on any atom is -0.234 e. The van der Waals surface area contributed by atoms with E-state index in [1.54, 1.807) is 0 Å². The van der Waals surface area contributed by atoms with Crippen molar-refractivity contribution in [3.05, 3.63) is 18.2 Å². The van der Waals surface area contributed by atoms with Gasteiger partial charge in [-0.25, -0.2) is 9.13 Å². The standard InChI is InChI=1S/C18H35N2/c1-5-7-8-9-10-11-12-13-14-19-15-16-20(17(3)4)18(19)6-2/h15-17H,5-14H2,1-4H3/q+1. The summed E-state index contributed by atoms with van der Waals surface area (Å²) in [6, 6.07) is 0.574. The molecule has 2 nitrogen and oxygen atoms in total. The second-order valence-electron chi connectivity index (χ2n) is 6.24. The Morgan fingerprint density at radius 3 is 2.10 bits per heavy atom. The lowest BCUT2D eigenvalue weighted by molar-refractivity contribution is -0.704. The van der Waals surface area contributed by atoms with E-state index in [-0.39, 0.29) is 0 Å². The van der Waals surface area contributed by atoms with Crippen LogP contribution in [-0.2, 0) is 13.0 Å². The van der Waals surface area contributed by atoms with Crippen LogP contribution >= 0.6 is 0 Å². The Labute approximate surface area is 126 Å². The highest BCUT2D eigenvalue weighted by atomic mass is 15.2. The molecule has 0 fully saturated rings. The molecule has 0 amide bonds. The molecule has 0 aliphatic carbocycles. The monoisotopic (exact) mass is 279 g/mol. The van der Waals surface area contributed by atoms with Gasteiger partial charge in [-0.2, -0.15) is 0 Å². The molecule has 0 bridgehead atoms. The van der Waals surface area contributed by atoms with Crippen LogP contribution in [0.25, 0.3) is 0 Å². The van der Waals surface area contributed by atoms with Gasteiger partial charge in [0, 0.05) is 6.42 Å². The van der Waals surface area contributed by atoms with Gasteiger partial charge in [-0.1, -0.05) is 52.4 Å². The van der Waals surface area contributed by atoms with E-state index in [4.69, 9.17) is 0 Å². The third kappa shape index (κ3) is 5.68. The summed E-state index contributed by atoms with van der Waals surface area (Å²) in [6.45, 7) is 10.3. The topological polar surface area (TPSA) is 8.81 Å². The van der Waals surface area contributed by atoms with Gasteiger partial charge in [0.25, 0.3) is 5.82 Å². The number of rotatable bonds is 11. The van der Waals surface area contributed by atoms with Crippen molar-refractivity contribution in [1.82, 2.24) is 4.57 Å². The van der Waals surface area contributed by atoms with Gasteiger partial charge in [0.2, 0.25) is 0 Å². The minimum absolute atomic E-state index is 0.574. The van der Waals surface area contributed by atoms with E-state index >= 15 is 0 Å². The first-order valence-electron chi connectivity index (χ1n) is 8.79. The average Bonchev–Trinajstić information content (AvgIpc) is 2.85. The predicted molar refractivity (Wildman–Crippen MR) is 87.0 cm³/mol. The van der Waals surface area contributed by atoms with E-state index in [2.05, 4.69) is 49.2 Å². The van der Waals surface area contributed by atoms with Gasteiger partial charge < -0.3 is 0 Å². The van der Waals surface area contributed by atoms with Crippen molar-refractivity contribution in [2.75, 3.05) is 0 Å². The molecule has 0 aromatic carbocycles. The summed E-state index contributed by atoms with van der Waals surface area (Å²) in [6.07, 6.45) is 16.8. The first-order chi connectivity index (χ1) is 9.70. The number of aromatic nitrogens is 2. The SMILES string of the molecule is CCCCCCCCCC[n+]1ccn(C(C)C)c1CC. The van der Waals surface area contributed by atoms with Crippen LogP contribution < -0.4 is 4.57 Å². The lowest BCUT2D eigenvalue weighted by Crippen LogP contribution is -2.37. The van der Waals surface area contributed by atoms with E-state index < -0.39 is 0 Å². The molecular weight excluding hydrogens is 244 g/mol. The van der Waals surface area contributed by atoms with Crippen LogP contribution in [-0.4, -0.2) is 4.57 Å². The zero-order valence-electron chi connectivity index (χ0n) is 14.2. The first kappa shape index (κ1) is 17.3. The average molecular weight is 279 g/mol. The van der Waals surface area contributed by atoms with Gasteiger partial charge in [-0.15, -0.1) is 0 Å². The molecule has 0 saturated carbocycles. The van der Waals surface area contributed by atoms with Gasteiger partial charge in [0.15, 0.2) is 0 Å². The summed E-state index contributed by atoms with van der Waals surface area (Å²) in [5.74, 6) is 1.47. The van der Waals surface area contributed by atoms with Gasteiger partial charge in [0.05, 0.1) is 12.6 Å². The molecule has 0 atom stereocenters. The lowest BCUT2D eigenvalue weighted by Gasteiger charge is -2.06. The maximum absolute atomic E-state index is 2.46. The first-order valence-corrected chi connectivity index (χ1v) is 8.79. The summed E-state index contributed by atoms with van der Waals surface area (Å²) in [7, 11) is 0. The van der Waals surface area contributed by atoms with Gasteiger partial charge in [-0.3, -0.25) is 0 Å².